The minimum Gasteiger partial charge on any atom is -0.332 e. The molecule has 3 rings (SSSR count). The number of hydrogen-bond acceptors (Lipinski definition) is 2. The summed E-state index contributed by atoms with van der Waals surface area (Å²) in [7, 11) is 0. The number of nitrogens with zero attached hydrogens (tertiary/aromatic N) is 2. The molecule has 1 heterocycles. The molecule has 2 nitrogen and oxygen atoms in total. The van der Waals surface area contributed by atoms with E-state index in [0.717, 1.165) is 12.2 Å². The minimum atomic E-state index is 0. The lowest BCUT2D eigenvalue weighted by atomic mass is 10.1. The lowest BCUT2D eigenvalue weighted by Crippen LogP contribution is -2.22. The van der Waals surface area contributed by atoms with Gasteiger partial charge in [0.05, 0.1) is 17.7 Å². The van der Waals surface area contributed by atoms with E-state index in [1.165, 1.54) is 16.5 Å². The van der Waals surface area contributed by atoms with Crippen LogP contribution in [-0.4, -0.2) is 12.9 Å². The Morgan fingerprint density at radius 3 is 2.62 bits per heavy atom. The van der Waals surface area contributed by atoms with Gasteiger partial charge in [-0.25, -0.2) is 4.99 Å². The number of hydrogen-bond donors (Lipinski definition) is 0. The Morgan fingerprint density at radius 2 is 1.88 bits per heavy atom. The summed E-state index contributed by atoms with van der Waals surface area (Å²) >= 11 is 0. The standard InChI is InChI=1S/C13H12N2.ClH/c1-2-15-9-14-11-7-3-5-10-6-4-8-12(15)13(10)11;/h3-9H,2H2,1H3;1H. The maximum absolute atomic E-state index is 4.46. The fourth-order valence-electron chi connectivity index (χ4n) is 2.09. The first-order chi connectivity index (χ1) is 7.40. The minimum absolute atomic E-state index is 0. The van der Waals surface area contributed by atoms with Gasteiger partial charge in [-0.3, -0.25) is 0 Å². The largest absolute Gasteiger partial charge is 0.332 e. The predicted molar refractivity (Wildman–Crippen MR) is 72.4 cm³/mol. The van der Waals surface area contributed by atoms with E-state index < -0.39 is 0 Å². The molecule has 0 unspecified atom stereocenters. The van der Waals surface area contributed by atoms with Crippen molar-refractivity contribution in [2.24, 2.45) is 4.99 Å². The van der Waals surface area contributed by atoms with Crippen molar-refractivity contribution in [3.05, 3.63) is 36.4 Å². The molecule has 3 heteroatoms. The normalized spacial score (nSPS) is 12.7. The number of aliphatic imine (C=N–C) groups is 1. The van der Waals surface area contributed by atoms with Crippen LogP contribution in [0, 0.1) is 0 Å². The summed E-state index contributed by atoms with van der Waals surface area (Å²) in [6, 6.07) is 12.6. The van der Waals surface area contributed by atoms with Crippen molar-refractivity contribution in [3.63, 3.8) is 0 Å². The Morgan fingerprint density at radius 1 is 1.12 bits per heavy atom. The van der Waals surface area contributed by atoms with Gasteiger partial charge in [0.25, 0.3) is 0 Å². The highest BCUT2D eigenvalue weighted by Crippen LogP contribution is 2.36. The highest BCUT2D eigenvalue weighted by atomic mass is 35.5. The van der Waals surface area contributed by atoms with E-state index in [2.05, 4.69) is 53.2 Å². The van der Waals surface area contributed by atoms with E-state index in [4.69, 9.17) is 0 Å². The summed E-state index contributed by atoms with van der Waals surface area (Å²) in [6.07, 6.45) is 1.91. The SMILES string of the molecule is CCN1C=Nc2cccc3cccc1c23.Cl. The van der Waals surface area contributed by atoms with Crippen LogP contribution in [0.2, 0.25) is 0 Å². The highest BCUT2D eigenvalue weighted by molar-refractivity contribution is 6.09. The summed E-state index contributed by atoms with van der Waals surface area (Å²) in [5, 5.41) is 2.53. The molecule has 0 bridgehead atoms. The second kappa shape index (κ2) is 4.14. The van der Waals surface area contributed by atoms with Crippen molar-refractivity contribution in [2.45, 2.75) is 6.92 Å². The highest BCUT2D eigenvalue weighted by Gasteiger charge is 2.13. The molecule has 0 spiro atoms. The van der Waals surface area contributed by atoms with Crippen LogP contribution >= 0.6 is 12.4 Å². The zero-order chi connectivity index (χ0) is 10.3. The predicted octanol–water partition coefficient (Wildman–Crippen LogP) is 3.76. The Labute approximate surface area is 101 Å². The second-order valence-corrected chi connectivity index (χ2v) is 3.68. The Kier molecular flexibility index (Phi) is 2.84. The Hall–Kier alpha value is -1.54. The van der Waals surface area contributed by atoms with Crippen molar-refractivity contribution < 1.29 is 0 Å². The molecule has 0 saturated heterocycles. The van der Waals surface area contributed by atoms with Crippen LogP contribution in [0.4, 0.5) is 11.4 Å². The second-order valence-electron chi connectivity index (χ2n) is 3.68. The first kappa shape index (κ1) is 11.0. The molecule has 0 atom stereocenters. The number of anilines is 1. The van der Waals surface area contributed by atoms with Gasteiger partial charge in [-0.2, -0.15) is 0 Å². The third-order valence-corrected chi connectivity index (χ3v) is 2.85. The zero-order valence-corrected chi connectivity index (χ0v) is 9.87. The van der Waals surface area contributed by atoms with Gasteiger partial charge < -0.3 is 4.90 Å². The van der Waals surface area contributed by atoms with E-state index in [0.29, 0.717) is 0 Å². The van der Waals surface area contributed by atoms with Gasteiger partial charge in [-0.05, 0) is 24.4 Å². The average molecular weight is 233 g/mol. The van der Waals surface area contributed by atoms with Gasteiger partial charge in [0.2, 0.25) is 0 Å². The number of rotatable bonds is 1. The summed E-state index contributed by atoms with van der Waals surface area (Å²) < 4.78 is 0. The van der Waals surface area contributed by atoms with Gasteiger partial charge in [0, 0.05) is 11.9 Å². The van der Waals surface area contributed by atoms with Gasteiger partial charge in [-0.15, -0.1) is 12.4 Å². The Bertz CT molecular complexity index is 543. The van der Waals surface area contributed by atoms with Crippen LogP contribution in [0.15, 0.2) is 41.4 Å². The topological polar surface area (TPSA) is 15.6 Å². The first-order valence-electron chi connectivity index (χ1n) is 5.22. The molecule has 0 aromatic heterocycles. The third-order valence-electron chi connectivity index (χ3n) is 2.85. The molecule has 0 aliphatic carbocycles. The monoisotopic (exact) mass is 232 g/mol. The van der Waals surface area contributed by atoms with E-state index in [-0.39, 0.29) is 12.4 Å². The quantitative estimate of drug-likeness (QED) is 0.731. The molecule has 1 aliphatic heterocycles. The fourth-order valence-corrected chi connectivity index (χ4v) is 2.09. The molecule has 82 valence electrons. The molecule has 0 saturated carbocycles. The average Bonchev–Trinajstić information content (AvgIpc) is 2.30. The number of benzene rings is 2. The Balaban J connectivity index is 0.000000963. The lowest BCUT2D eigenvalue weighted by Gasteiger charge is -2.23. The molecule has 0 N–H and O–H groups in total. The third kappa shape index (κ3) is 1.46. The fraction of sp³-hybridized carbons (Fsp3) is 0.154. The summed E-state index contributed by atoms with van der Waals surface area (Å²) in [5.74, 6) is 0. The molecule has 0 radical (unpaired) electrons. The zero-order valence-electron chi connectivity index (χ0n) is 9.05. The summed E-state index contributed by atoms with van der Waals surface area (Å²) in [4.78, 5) is 6.64. The molecule has 16 heavy (non-hydrogen) atoms. The smallest absolute Gasteiger partial charge is 0.0957 e. The van der Waals surface area contributed by atoms with Crippen LogP contribution in [0.1, 0.15) is 6.92 Å². The van der Waals surface area contributed by atoms with Crippen LogP contribution < -0.4 is 4.90 Å². The molecule has 2 aromatic rings. The number of halogens is 1. The van der Waals surface area contributed by atoms with Crippen LogP contribution in [0.5, 0.6) is 0 Å². The van der Waals surface area contributed by atoms with Crippen LogP contribution in [0.3, 0.4) is 0 Å². The first-order valence-corrected chi connectivity index (χ1v) is 5.22. The van der Waals surface area contributed by atoms with Crippen molar-refractivity contribution in [1.82, 2.24) is 0 Å². The molecule has 0 amide bonds. The van der Waals surface area contributed by atoms with Gasteiger partial charge in [-0.1, -0.05) is 24.3 Å². The van der Waals surface area contributed by atoms with Crippen molar-refractivity contribution >= 4 is 40.9 Å². The molecular formula is C13H13ClN2. The molecule has 2 aromatic carbocycles. The molecule has 1 aliphatic rings. The van der Waals surface area contributed by atoms with Crippen molar-refractivity contribution in [3.8, 4) is 0 Å². The maximum atomic E-state index is 4.46. The summed E-state index contributed by atoms with van der Waals surface area (Å²) in [6.45, 7) is 3.09. The van der Waals surface area contributed by atoms with Gasteiger partial charge in [0.15, 0.2) is 0 Å². The van der Waals surface area contributed by atoms with Crippen molar-refractivity contribution in [2.75, 3.05) is 11.4 Å². The van der Waals surface area contributed by atoms with Crippen LogP contribution in [0.25, 0.3) is 10.8 Å². The lowest BCUT2D eigenvalue weighted by molar-refractivity contribution is 1.07. The van der Waals surface area contributed by atoms with Gasteiger partial charge in [0.1, 0.15) is 0 Å². The molecular weight excluding hydrogens is 220 g/mol. The van der Waals surface area contributed by atoms with Crippen molar-refractivity contribution in [1.29, 1.82) is 0 Å². The van der Waals surface area contributed by atoms with Gasteiger partial charge >= 0.3 is 0 Å². The maximum Gasteiger partial charge on any atom is 0.0957 e. The van der Waals surface area contributed by atoms with Crippen LogP contribution in [-0.2, 0) is 0 Å². The van der Waals surface area contributed by atoms with E-state index in [1.807, 2.05) is 6.34 Å². The van der Waals surface area contributed by atoms with E-state index in [9.17, 15) is 0 Å². The van der Waals surface area contributed by atoms with E-state index in [1.54, 1.807) is 0 Å². The summed E-state index contributed by atoms with van der Waals surface area (Å²) in [5.41, 5.74) is 2.34. The van der Waals surface area contributed by atoms with E-state index >= 15 is 0 Å². The molecule has 0 fully saturated rings.